The monoisotopic (exact) mass is 251 g/mol. The second-order valence-corrected chi connectivity index (χ2v) is 6.20. The van der Waals surface area contributed by atoms with Crippen LogP contribution in [0.25, 0.3) is 0 Å². The molecule has 0 amide bonds. The van der Waals surface area contributed by atoms with Gasteiger partial charge in [0.1, 0.15) is 5.78 Å². The fourth-order valence-corrected chi connectivity index (χ4v) is 3.27. The van der Waals surface area contributed by atoms with Gasteiger partial charge in [0.05, 0.1) is 10.7 Å². The number of rotatable bonds is 4. The fourth-order valence-electron chi connectivity index (χ4n) is 2.65. The molecule has 2 nitrogen and oxygen atoms in total. The van der Waals surface area contributed by atoms with Gasteiger partial charge in [-0.2, -0.15) is 0 Å². The van der Waals surface area contributed by atoms with Crippen LogP contribution in [-0.2, 0) is 11.2 Å². The van der Waals surface area contributed by atoms with Crippen LogP contribution in [0, 0.1) is 12.8 Å². The van der Waals surface area contributed by atoms with Crippen molar-refractivity contribution in [1.29, 1.82) is 0 Å². The van der Waals surface area contributed by atoms with Crippen molar-refractivity contribution >= 4 is 17.1 Å². The van der Waals surface area contributed by atoms with E-state index in [0.29, 0.717) is 18.1 Å². The minimum absolute atomic E-state index is 0.377. The summed E-state index contributed by atoms with van der Waals surface area (Å²) < 4.78 is 0. The van der Waals surface area contributed by atoms with Gasteiger partial charge in [-0.25, -0.2) is 4.98 Å². The van der Waals surface area contributed by atoms with Crippen LogP contribution in [0.5, 0.6) is 0 Å². The molecule has 0 N–H and O–H groups in total. The van der Waals surface area contributed by atoms with E-state index in [1.54, 1.807) is 11.3 Å². The Morgan fingerprint density at radius 2 is 2.06 bits per heavy atom. The molecule has 1 aromatic rings. The van der Waals surface area contributed by atoms with Crippen LogP contribution >= 0.6 is 11.3 Å². The number of hydrogen-bond donors (Lipinski definition) is 0. The zero-order chi connectivity index (χ0) is 12.1. The molecule has 0 bridgehead atoms. The minimum Gasteiger partial charge on any atom is -0.299 e. The van der Waals surface area contributed by atoms with Gasteiger partial charge in [-0.15, -0.1) is 11.3 Å². The lowest BCUT2D eigenvalue weighted by Crippen LogP contribution is -2.10. The molecular formula is C14H21NOS. The highest BCUT2D eigenvalue weighted by Crippen LogP contribution is 2.26. The van der Waals surface area contributed by atoms with Crippen molar-refractivity contribution in [3.63, 3.8) is 0 Å². The molecule has 1 heterocycles. The third kappa shape index (κ3) is 4.23. The maximum Gasteiger partial charge on any atom is 0.139 e. The predicted molar refractivity (Wildman–Crippen MR) is 71.4 cm³/mol. The molecule has 0 aliphatic heterocycles. The third-order valence-electron chi connectivity index (χ3n) is 3.54. The van der Waals surface area contributed by atoms with Gasteiger partial charge >= 0.3 is 0 Å². The lowest BCUT2D eigenvalue weighted by molar-refractivity contribution is -0.119. The lowest BCUT2D eigenvalue weighted by Gasteiger charge is -2.12. The van der Waals surface area contributed by atoms with Gasteiger partial charge in [-0.05, 0) is 12.8 Å². The lowest BCUT2D eigenvalue weighted by atomic mass is 9.93. The molecule has 1 fully saturated rings. The van der Waals surface area contributed by atoms with E-state index >= 15 is 0 Å². The molecule has 0 spiro atoms. The number of ketones is 1. The molecule has 0 radical (unpaired) electrons. The van der Waals surface area contributed by atoms with Crippen molar-refractivity contribution in [2.24, 2.45) is 5.92 Å². The summed E-state index contributed by atoms with van der Waals surface area (Å²) >= 11 is 1.63. The quantitative estimate of drug-likeness (QED) is 0.759. The molecule has 1 aliphatic carbocycles. The highest BCUT2D eigenvalue weighted by atomic mass is 32.1. The number of aromatic nitrogens is 1. The van der Waals surface area contributed by atoms with Gasteiger partial charge < -0.3 is 0 Å². The van der Waals surface area contributed by atoms with Crippen LogP contribution in [-0.4, -0.2) is 10.8 Å². The van der Waals surface area contributed by atoms with Crippen LogP contribution in [0.3, 0.4) is 0 Å². The van der Waals surface area contributed by atoms with Crippen molar-refractivity contribution in [2.75, 3.05) is 0 Å². The Morgan fingerprint density at radius 1 is 1.35 bits per heavy atom. The van der Waals surface area contributed by atoms with Crippen molar-refractivity contribution in [3.8, 4) is 0 Å². The standard InChI is InChI=1S/C14H21NOS/c1-11-15-13(10-17-11)9-14(16)8-12-6-4-2-3-5-7-12/h10,12H,2-9H2,1H3. The Hall–Kier alpha value is -0.700. The third-order valence-corrected chi connectivity index (χ3v) is 4.36. The summed E-state index contributed by atoms with van der Waals surface area (Å²) in [6, 6.07) is 0. The van der Waals surface area contributed by atoms with Crippen LogP contribution in [0.1, 0.15) is 55.6 Å². The summed E-state index contributed by atoms with van der Waals surface area (Å²) in [6.07, 6.45) is 9.16. The van der Waals surface area contributed by atoms with E-state index in [1.165, 1.54) is 38.5 Å². The summed E-state index contributed by atoms with van der Waals surface area (Å²) in [4.78, 5) is 16.3. The second kappa shape index (κ2) is 6.29. The zero-order valence-electron chi connectivity index (χ0n) is 10.6. The molecular weight excluding hydrogens is 230 g/mol. The average molecular weight is 251 g/mol. The maximum absolute atomic E-state index is 12.0. The van der Waals surface area contributed by atoms with Crippen LogP contribution in [0.15, 0.2) is 5.38 Å². The molecule has 0 unspecified atom stereocenters. The Labute approximate surface area is 107 Å². The van der Waals surface area contributed by atoms with E-state index in [0.717, 1.165) is 17.1 Å². The summed E-state index contributed by atoms with van der Waals surface area (Å²) in [5, 5.41) is 3.07. The molecule has 1 aliphatic rings. The van der Waals surface area contributed by atoms with Crippen LogP contribution < -0.4 is 0 Å². The summed E-state index contributed by atoms with van der Waals surface area (Å²) in [5.41, 5.74) is 0.964. The normalized spacial score (nSPS) is 17.9. The van der Waals surface area contributed by atoms with Gasteiger partial charge in [0.2, 0.25) is 0 Å². The number of thiazole rings is 1. The molecule has 2 rings (SSSR count). The van der Waals surface area contributed by atoms with Gasteiger partial charge in [0.25, 0.3) is 0 Å². The first-order valence-corrected chi connectivity index (χ1v) is 7.54. The van der Waals surface area contributed by atoms with Crippen molar-refractivity contribution in [2.45, 2.75) is 58.3 Å². The Bertz CT molecular complexity index is 364. The van der Waals surface area contributed by atoms with E-state index in [9.17, 15) is 4.79 Å². The number of Topliss-reactive ketones (excluding diaryl/α,β-unsaturated/α-hetero) is 1. The topological polar surface area (TPSA) is 30.0 Å². The van der Waals surface area contributed by atoms with Crippen LogP contribution in [0.2, 0.25) is 0 Å². The predicted octanol–water partition coefficient (Wildman–Crippen LogP) is 3.92. The number of nitrogens with zero attached hydrogens (tertiary/aromatic N) is 1. The fraction of sp³-hybridized carbons (Fsp3) is 0.714. The van der Waals surface area contributed by atoms with Gasteiger partial charge in [-0.3, -0.25) is 4.79 Å². The van der Waals surface area contributed by atoms with E-state index in [2.05, 4.69) is 4.98 Å². The summed E-state index contributed by atoms with van der Waals surface area (Å²) in [5.74, 6) is 1.02. The highest BCUT2D eigenvalue weighted by molar-refractivity contribution is 7.09. The molecule has 17 heavy (non-hydrogen) atoms. The molecule has 1 saturated carbocycles. The van der Waals surface area contributed by atoms with E-state index in [4.69, 9.17) is 0 Å². The maximum atomic E-state index is 12.0. The van der Waals surface area contributed by atoms with E-state index in [1.807, 2.05) is 12.3 Å². The zero-order valence-corrected chi connectivity index (χ0v) is 11.4. The highest BCUT2D eigenvalue weighted by Gasteiger charge is 2.16. The SMILES string of the molecule is Cc1nc(CC(=O)CC2CCCCCC2)cs1. The number of carbonyl (C=O) groups excluding carboxylic acids is 1. The Morgan fingerprint density at radius 3 is 2.65 bits per heavy atom. The van der Waals surface area contributed by atoms with E-state index in [-0.39, 0.29) is 0 Å². The van der Waals surface area contributed by atoms with Gasteiger partial charge in [-0.1, -0.05) is 38.5 Å². The second-order valence-electron chi connectivity index (χ2n) is 5.14. The van der Waals surface area contributed by atoms with Crippen molar-refractivity contribution in [3.05, 3.63) is 16.1 Å². The minimum atomic E-state index is 0.377. The van der Waals surface area contributed by atoms with Gasteiger partial charge in [0, 0.05) is 18.2 Å². The summed E-state index contributed by atoms with van der Waals surface area (Å²) in [6.45, 7) is 1.99. The Kier molecular flexibility index (Phi) is 4.72. The molecule has 0 saturated heterocycles. The van der Waals surface area contributed by atoms with Crippen molar-refractivity contribution < 1.29 is 4.79 Å². The molecule has 3 heteroatoms. The number of hydrogen-bond acceptors (Lipinski definition) is 3. The molecule has 94 valence electrons. The van der Waals surface area contributed by atoms with E-state index < -0.39 is 0 Å². The smallest absolute Gasteiger partial charge is 0.139 e. The molecule has 1 aromatic heterocycles. The molecule has 0 aromatic carbocycles. The number of carbonyl (C=O) groups is 1. The summed E-state index contributed by atoms with van der Waals surface area (Å²) in [7, 11) is 0. The van der Waals surface area contributed by atoms with Crippen molar-refractivity contribution in [1.82, 2.24) is 4.98 Å². The molecule has 0 atom stereocenters. The first-order valence-electron chi connectivity index (χ1n) is 6.67. The Balaban J connectivity index is 1.80. The first kappa shape index (κ1) is 12.7. The van der Waals surface area contributed by atoms with Gasteiger partial charge in [0.15, 0.2) is 0 Å². The largest absolute Gasteiger partial charge is 0.299 e. The van der Waals surface area contributed by atoms with Crippen LogP contribution in [0.4, 0.5) is 0 Å². The average Bonchev–Trinajstić information content (AvgIpc) is 2.53. The number of aryl methyl sites for hydroxylation is 1. The first-order chi connectivity index (χ1) is 8.24.